The summed E-state index contributed by atoms with van der Waals surface area (Å²) in [6, 6.07) is 28.2. The summed E-state index contributed by atoms with van der Waals surface area (Å²) in [5, 5.41) is 9.14. The molecule has 3 amide bonds. The number of ether oxygens (including phenoxy) is 2. The molecule has 0 aromatic heterocycles. The zero-order valence-corrected chi connectivity index (χ0v) is 23.7. The van der Waals surface area contributed by atoms with Crippen molar-refractivity contribution in [3.05, 3.63) is 118 Å². The minimum Gasteiger partial charge on any atom is -0.494 e. The van der Waals surface area contributed by atoms with E-state index in [9.17, 15) is 14.4 Å². The second-order valence-corrected chi connectivity index (χ2v) is 9.48. The smallest absolute Gasteiger partial charge is 0.329 e. The van der Waals surface area contributed by atoms with Crippen molar-refractivity contribution < 1.29 is 23.9 Å². The molecule has 0 saturated heterocycles. The monoisotopic (exact) mass is 614 g/mol. The molecule has 4 aromatic rings. The molecule has 4 aromatic carbocycles. The van der Waals surface area contributed by atoms with E-state index in [4.69, 9.17) is 9.47 Å². The molecule has 208 valence electrons. The normalized spacial score (nSPS) is 10.6. The van der Waals surface area contributed by atoms with Crippen LogP contribution >= 0.6 is 15.9 Å². The average molecular weight is 615 g/mol. The summed E-state index contributed by atoms with van der Waals surface area (Å²) in [6.07, 6.45) is 1.39. The summed E-state index contributed by atoms with van der Waals surface area (Å²) in [7, 11) is 0. The van der Waals surface area contributed by atoms with Gasteiger partial charge in [-0.05, 0) is 73.2 Å². The highest BCUT2D eigenvalue weighted by Gasteiger charge is 2.18. The van der Waals surface area contributed by atoms with Gasteiger partial charge in [-0.25, -0.2) is 5.43 Å². The lowest BCUT2D eigenvalue weighted by Crippen LogP contribution is -2.33. The number of hydrogen-bond acceptors (Lipinski definition) is 6. The van der Waals surface area contributed by atoms with Gasteiger partial charge in [0.1, 0.15) is 18.1 Å². The molecule has 41 heavy (non-hydrogen) atoms. The molecule has 0 aliphatic carbocycles. The molecule has 0 atom stereocenters. The van der Waals surface area contributed by atoms with Crippen LogP contribution in [0.1, 0.15) is 28.4 Å². The number of halogens is 1. The van der Waals surface area contributed by atoms with Crippen LogP contribution < -0.4 is 25.5 Å². The van der Waals surface area contributed by atoms with Crippen molar-refractivity contribution in [2.24, 2.45) is 5.10 Å². The van der Waals surface area contributed by atoms with Gasteiger partial charge in [0.2, 0.25) is 0 Å². The first-order chi connectivity index (χ1) is 19.9. The molecule has 0 unspecified atom stereocenters. The van der Waals surface area contributed by atoms with E-state index in [2.05, 4.69) is 37.1 Å². The van der Waals surface area contributed by atoms with E-state index in [0.29, 0.717) is 36.0 Å². The summed E-state index contributed by atoms with van der Waals surface area (Å²) in [6.45, 7) is 2.76. The van der Waals surface area contributed by atoms with Gasteiger partial charge in [-0.2, -0.15) is 5.10 Å². The predicted octanol–water partition coefficient (Wildman–Crippen LogP) is 5.77. The van der Waals surface area contributed by atoms with Crippen LogP contribution in [-0.2, 0) is 16.2 Å². The Morgan fingerprint density at radius 3 is 2.27 bits per heavy atom. The van der Waals surface area contributed by atoms with E-state index >= 15 is 0 Å². The van der Waals surface area contributed by atoms with Crippen molar-refractivity contribution in [2.45, 2.75) is 13.5 Å². The number of hydrazone groups is 1. The quantitative estimate of drug-likeness (QED) is 0.119. The number of amides is 3. The molecule has 0 aliphatic rings. The van der Waals surface area contributed by atoms with E-state index in [0.717, 1.165) is 10.0 Å². The Hall–Kier alpha value is -4.96. The van der Waals surface area contributed by atoms with Crippen LogP contribution in [0.2, 0.25) is 0 Å². The zero-order valence-electron chi connectivity index (χ0n) is 22.1. The van der Waals surface area contributed by atoms with Gasteiger partial charge in [0, 0.05) is 15.7 Å². The number of nitrogens with zero attached hydrogens (tertiary/aromatic N) is 1. The van der Waals surface area contributed by atoms with E-state index in [-0.39, 0.29) is 11.3 Å². The number of benzene rings is 4. The van der Waals surface area contributed by atoms with Gasteiger partial charge in [-0.15, -0.1) is 0 Å². The third-order valence-corrected chi connectivity index (χ3v) is 6.17. The molecule has 0 spiro atoms. The van der Waals surface area contributed by atoms with Crippen LogP contribution in [-0.4, -0.2) is 30.5 Å². The molecule has 0 heterocycles. The van der Waals surface area contributed by atoms with Crippen LogP contribution in [0, 0.1) is 0 Å². The van der Waals surface area contributed by atoms with Gasteiger partial charge in [0.15, 0.2) is 0 Å². The molecular formula is C31H27BrN4O5. The fraction of sp³-hybridized carbons (Fsp3) is 0.0968. The Balaban J connectivity index is 1.34. The summed E-state index contributed by atoms with van der Waals surface area (Å²) in [5.74, 6) is -1.20. The van der Waals surface area contributed by atoms with E-state index in [1.165, 1.54) is 12.3 Å². The van der Waals surface area contributed by atoms with Gasteiger partial charge in [0.25, 0.3) is 5.91 Å². The molecule has 0 fully saturated rings. The van der Waals surface area contributed by atoms with Gasteiger partial charge in [0.05, 0.1) is 24.1 Å². The Morgan fingerprint density at radius 2 is 1.51 bits per heavy atom. The third-order valence-electron chi connectivity index (χ3n) is 5.65. The third kappa shape index (κ3) is 8.51. The van der Waals surface area contributed by atoms with Gasteiger partial charge in [-0.1, -0.05) is 52.3 Å². The average Bonchev–Trinajstić information content (AvgIpc) is 2.98. The Morgan fingerprint density at radius 1 is 0.805 bits per heavy atom. The fourth-order valence-corrected chi connectivity index (χ4v) is 3.90. The summed E-state index contributed by atoms with van der Waals surface area (Å²) in [5.41, 5.74) is 4.71. The Bertz CT molecular complexity index is 1540. The van der Waals surface area contributed by atoms with Crippen LogP contribution in [0.15, 0.2) is 107 Å². The van der Waals surface area contributed by atoms with E-state index in [1.807, 2.05) is 37.3 Å². The molecule has 3 N–H and O–H groups in total. The first-order valence-corrected chi connectivity index (χ1v) is 13.5. The zero-order chi connectivity index (χ0) is 29.0. The number of para-hydroxylation sites is 2. The van der Waals surface area contributed by atoms with Gasteiger partial charge < -0.3 is 20.1 Å². The van der Waals surface area contributed by atoms with Crippen LogP contribution in [0.4, 0.5) is 11.4 Å². The molecule has 0 bridgehead atoms. The summed E-state index contributed by atoms with van der Waals surface area (Å²) in [4.78, 5) is 37.9. The molecule has 0 radical (unpaired) electrons. The van der Waals surface area contributed by atoms with Crippen molar-refractivity contribution in [3.8, 4) is 11.5 Å². The molecule has 0 aliphatic heterocycles. The van der Waals surface area contributed by atoms with Crippen molar-refractivity contribution in [1.82, 2.24) is 5.43 Å². The lowest BCUT2D eigenvalue weighted by Gasteiger charge is -2.11. The SMILES string of the molecule is CCOc1ccc(NC(=O)c2ccccc2NC(=O)C(=O)NN=Cc2ccccc2OCc2ccc(Br)cc2)cc1. The van der Waals surface area contributed by atoms with E-state index < -0.39 is 17.7 Å². The van der Waals surface area contributed by atoms with Crippen LogP contribution in [0.3, 0.4) is 0 Å². The highest BCUT2D eigenvalue weighted by Crippen LogP contribution is 2.21. The molecule has 9 nitrogen and oxygen atoms in total. The standard InChI is InChI=1S/C31H27BrN4O5/c1-2-40-25-17-15-24(16-18-25)34-29(37)26-8-4-5-9-27(26)35-30(38)31(39)36-33-19-22-7-3-6-10-28(22)41-20-21-11-13-23(32)14-12-21/h3-19H,2,20H2,1H3,(H,34,37)(H,35,38)(H,36,39). The minimum atomic E-state index is -1.00. The second kappa shape index (κ2) is 14.4. The van der Waals surface area contributed by atoms with Gasteiger partial charge >= 0.3 is 11.8 Å². The lowest BCUT2D eigenvalue weighted by atomic mass is 10.1. The highest BCUT2D eigenvalue weighted by molar-refractivity contribution is 9.10. The number of nitrogens with one attached hydrogen (secondary N) is 3. The second-order valence-electron chi connectivity index (χ2n) is 8.56. The first kappa shape index (κ1) is 29.0. The van der Waals surface area contributed by atoms with Crippen LogP contribution in [0.5, 0.6) is 11.5 Å². The number of carbonyl (C=O) groups excluding carboxylic acids is 3. The number of carbonyl (C=O) groups is 3. The predicted molar refractivity (Wildman–Crippen MR) is 161 cm³/mol. The molecule has 0 saturated carbocycles. The maximum absolute atomic E-state index is 12.9. The van der Waals surface area contributed by atoms with Crippen molar-refractivity contribution >= 4 is 51.2 Å². The Kier molecular flexibility index (Phi) is 10.2. The lowest BCUT2D eigenvalue weighted by molar-refractivity contribution is -0.136. The molecular weight excluding hydrogens is 588 g/mol. The van der Waals surface area contributed by atoms with E-state index in [1.54, 1.807) is 60.7 Å². The molecule has 10 heteroatoms. The van der Waals surface area contributed by atoms with Crippen molar-refractivity contribution in [3.63, 3.8) is 0 Å². The maximum Gasteiger partial charge on any atom is 0.329 e. The maximum atomic E-state index is 12.9. The highest BCUT2D eigenvalue weighted by atomic mass is 79.9. The summed E-state index contributed by atoms with van der Waals surface area (Å²) < 4.78 is 12.3. The largest absolute Gasteiger partial charge is 0.494 e. The summed E-state index contributed by atoms with van der Waals surface area (Å²) >= 11 is 3.41. The number of rotatable bonds is 10. The van der Waals surface area contributed by atoms with Crippen molar-refractivity contribution in [2.75, 3.05) is 17.2 Å². The topological polar surface area (TPSA) is 118 Å². The fourth-order valence-electron chi connectivity index (χ4n) is 3.64. The number of hydrogen-bond donors (Lipinski definition) is 3. The van der Waals surface area contributed by atoms with Gasteiger partial charge in [-0.3, -0.25) is 14.4 Å². The molecule has 4 rings (SSSR count). The Labute approximate surface area is 245 Å². The minimum absolute atomic E-state index is 0.173. The van der Waals surface area contributed by atoms with Crippen molar-refractivity contribution in [1.29, 1.82) is 0 Å². The first-order valence-electron chi connectivity index (χ1n) is 12.7. The number of anilines is 2. The van der Waals surface area contributed by atoms with Crippen LogP contribution in [0.25, 0.3) is 0 Å².